The predicted molar refractivity (Wildman–Crippen MR) is 102 cm³/mol. The fourth-order valence-electron chi connectivity index (χ4n) is 2.26. The Hall–Kier alpha value is -2.71. The number of ether oxygens (including phenoxy) is 1. The third-order valence-electron chi connectivity index (χ3n) is 3.43. The molecule has 0 spiro atoms. The van der Waals surface area contributed by atoms with Gasteiger partial charge in [-0.3, -0.25) is 4.79 Å². The van der Waals surface area contributed by atoms with Gasteiger partial charge in [0.15, 0.2) is 0 Å². The van der Waals surface area contributed by atoms with Gasteiger partial charge in [0.1, 0.15) is 0 Å². The summed E-state index contributed by atoms with van der Waals surface area (Å²) in [7, 11) is -2.36. The van der Waals surface area contributed by atoms with E-state index in [0.29, 0.717) is 16.8 Å². The first-order valence-corrected chi connectivity index (χ1v) is 9.64. The maximum atomic E-state index is 12.3. The number of benzene rings is 2. The molecular formula is C19H22N2O5S. The molecule has 2 rings (SSSR count). The molecule has 7 nitrogen and oxygen atoms in total. The van der Waals surface area contributed by atoms with E-state index in [2.05, 4.69) is 14.8 Å². The first-order valence-electron chi connectivity index (χ1n) is 8.15. The molecule has 2 N–H and O–H groups in total. The van der Waals surface area contributed by atoms with Gasteiger partial charge in [0, 0.05) is 16.8 Å². The monoisotopic (exact) mass is 390 g/mol. The smallest absolute Gasteiger partial charge is 0.337 e. The predicted octanol–water partition coefficient (Wildman–Crippen LogP) is 2.80. The highest BCUT2D eigenvalue weighted by atomic mass is 32.2. The topological polar surface area (TPSA) is 102 Å². The van der Waals surface area contributed by atoms with Gasteiger partial charge in [0.25, 0.3) is 5.91 Å². The number of hydrogen-bond acceptors (Lipinski definition) is 5. The maximum Gasteiger partial charge on any atom is 0.337 e. The average Bonchev–Trinajstić information content (AvgIpc) is 2.59. The fourth-order valence-corrected chi connectivity index (χ4v) is 3.68. The molecule has 0 atom stereocenters. The summed E-state index contributed by atoms with van der Waals surface area (Å²) < 4.78 is 31.7. The second kappa shape index (κ2) is 7.89. The van der Waals surface area contributed by atoms with Crippen molar-refractivity contribution in [3.8, 4) is 0 Å². The van der Waals surface area contributed by atoms with E-state index in [1.165, 1.54) is 55.6 Å². The van der Waals surface area contributed by atoms with E-state index in [1.807, 2.05) is 0 Å². The van der Waals surface area contributed by atoms with Crippen molar-refractivity contribution in [1.82, 2.24) is 4.72 Å². The van der Waals surface area contributed by atoms with E-state index in [-0.39, 0.29) is 10.8 Å². The van der Waals surface area contributed by atoms with E-state index >= 15 is 0 Å². The number of rotatable bonds is 5. The molecule has 0 unspecified atom stereocenters. The highest BCUT2D eigenvalue weighted by Gasteiger charge is 2.21. The van der Waals surface area contributed by atoms with Crippen molar-refractivity contribution in [2.24, 2.45) is 0 Å². The number of amides is 1. The van der Waals surface area contributed by atoms with Gasteiger partial charge < -0.3 is 10.1 Å². The number of carbonyl (C=O) groups excluding carboxylic acids is 2. The zero-order chi connectivity index (χ0) is 20.2. The minimum atomic E-state index is -3.64. The van der Waals surface area contributed by atoms with E-state index < -0.39 is 21.5 Å². The Kier molecular flexibility index (Phi) is 6.02. The molecule has 0 radical (unpaired) electrons. The highest BCUT2D eigenvalue weighted by molar-refractivity contribution is 7.89. The lowest BCUT2D eigenvalue weighted by Gasteiger charge is -2.20. The van der Waals surface area contributed by atoms with E-state index in [1.54, 1.807) is 20.8 Å². The highest BCUT2D eigenvalue weighted by Crippen LogP contribution is 2.17. The molecule has 0 heterocycles. The van der Waals surface area contributed by atoms with Gasteiger partial charge in [-0.2, -0.15) is 0 Å². The van der Waals surface area contributed by atoms with Gasteiger partial charge in [-0.15, -0.1) is 0 Å². The number of sulfonamides is 1. The second-order valence-electron chi connectivity index (χ2n) is 6.90. The number of hydrogen-bond donors (Lipinski definition) is 2. The van der Waals surface area contributed by atoms with Crippen LogP contribution in [0.15, 0.2) is 53.4 Å². The van der Waals surface area contributed by atoms with Crippen LogP contribution in [0.3, 0.4) is 0 Å². The number of carbonyl (C=O) groups is 2. The normalized spacial score (nSPS) is 11.7. The molecular weight excluding hydrogens is 368 g/mol. The van der Waals surface area contributed by atoms with Crippen LogP contribution in [0.1, 0.15) is 41.5 Å². The van der Waals surface area contributed by atoms with Gasteiger partial charge in [0.2, 0.25) is 10.0 Å². The van der Waals surface area contributed by atoms with Crippen LogP contribution >= 0.6 is 0 Å². The minimum absolute atomic E-state index is 0.109. The lowest BCUT2D eigenvalue weighted by Crippen LogP contribution is -2.40. The largest absolute Gasteiger partial charge is 0.465 e. The molecule has 0 fully saturated rings. The van der Waals surface area contributed by atoms with Crippen molar-refractivity contribution in [2.75, 3.05) is 12.4 Å². The van der Waals surface area contributed by atoms with Crippen molar-refractivity contribution in [3.63, 3.8) is 0 Å². The van der Waals surface area contributed by atoms with Gasteiger partial charge in [-0.25, -0.2) is 17.9 Å². The van der Waals surface area contributed by atoms with Crippen LogP contribution in [0.25, 0.3) is 0 Å². The van der Waals surface area contributed by atoms with Crippen LogP contribution in [-0.2, 0) is 14.8 Å². The van der Waals surface area contributed by atoms with Crippen molar-refractivity contribution >= 4 is 27.6 Å². The van der Waals surface area contributed by atoms with Crippen LogP contribution in [0.2, 0.25) is 0 Å². The minimum Gasteiger partial charge on any atom is -0.465 e. The number of nitrogens with one attached hydrogen (secondary N) is 2. The van der Waals surface area contributed by atoms with Gasteiger partial charge in [-0.1, -0.05) is 0 Å². The molecule has 0 saturated carbocycles. The quantitative estimate of drug-likeness (QED) is 0.765. The zero-order valence-electron chi connectivity index (χ0n) is 15.6. The van der Waals surface area contributed by atoms with Crippen molar-refractivity contribution in [1.29, 1.82) is 0 Å². The maximum absolute atomic E-state index is 12.3. The van der Waals surface area contributed by atoms with Gasteiger partial charge >= 0.3 is 5.97 Å². The molecule has 1 amide bonds. The van der Waals surface area contributed by atoms with Gasteiger partial charge in [0.05, 0.1) is 17.6 Å². The summed E-state index contributed by atoms with van der Waals surface area (Å²) in [6.07, 6.45) is 0. The summed E-state index contributed by atoms with van der Waals surface area (Å²) in [5, 5.41) is 2.68. The summed E-state index contributed by atoms with van der Waals surface area (Å²) in [6.45, 7) is 5.26. The molecule has 0 bridgehead atoms. The SMILES string of the molecule is COC(=O)c1ccc(C(=O)Nc2ccc(S(=O)(=O)NC(C)(C)C)cc2)cc1. The molecule has 0 aromatic heterocycles. The molecule has 0 aliphatic heterocycles. The molecule has 2 aromatic carbocycles. The lowest BCUT2D eigenvalue weighted by molar-refractivity contribution is 0.0600. The molecule has 2 aromatic rings. The summed E-state index contributed by atoms with van der Waals surface area (Å²) in [4.78, 5) is 23.8. The van der Waals surface area contributed by atoms with Crippen LogP contribution < -0.4 is 10.0 Å². The van der Waals surface area contributed by atoms with Crippen molar-refractivity contribution in [3.05, 3.63) is 59.7 Å². The Morgan fingerprint density at radius 2 is 1.41 bits per heavy atom. The summed E-state index contributed by atoms with van der Waals surface area (Å²) in [5.74, 6) is -0.863. The number of anilines is 1. The second-order valence-corrected chi connectivity index (χ2v) is 8.59. The first kappa shape index (κ1) is 20.6. The van der Waals surface area contributed by atoms with E-state index in [9.17, 15) is 18.0 Å². The Bertz CT molecular complexity index is 928. The third kappa shape index (κ3) is 5.63. The summed E-state index contributed by atoms with van der Waals surface area (Å²) in [5.41, 5.74) is 0.553. The van der Waals surface area contributed by atoms with E-state index in [0.717, 1.165) is 0 Å². The molecule has 0 aliphatic rings. The molecule has 0 aliphatic carbocycles. The Labute approximate surface area is 158 Å². The molecule has 27 heavy (non-hydrogen) atoms. The van der Waals surface area contributed by atoms with Crippen LogP contribution in [0.4, 0.5) is 5.69 Å². The fraction of sp³-hybridized carbons (Fsp3) is 0.263. The first-order chi connectivity index (χ1) is 12.5. The summed E-state index contributed by atoms with van der Waals surface area (Å²) in [6, 6.07) is 11.9. The Morgan fingerprint density at radius 1 is 0.889 bits per heavy atom. The number of esters is 1. The van der Waals surface area contributed by atoms with Crippen LogP contribution in [0, 0.1) is 0 Å². The van der Waals surface area contributed by atoms with Crippen LogP contribution in [0.5, 0.6) is 0 Å². The van der Waals surface area contributed by atoms with Crippen LogP contribution in [-0.4, -0.2) is 32.9 Å². The standard InChI is InChI=1S/C19H22N2O5S/c1-19(2,3)21-27(24,25)16-11-9-15(10-12-16)20-17(22)13-5-7-14(8-6-13)18(23)26-4/h5-12,21H,1-4H3,(H,20,22). The van der Waals surface area contributed by atoms with Crippen molar-refractivity contribution in [2.45, 2.75) is 31.2 Å². The van der Waals surface area contributed by atoms with E-state index in [4.69, 9.17) is 0 Å². The molecule has 0 saturated heterocycles. The Balaban J connectivity index is 2.10. The summed E-state index contributed by atoms with van der Waals surface area (Å²) >= 11 is 0. The third-order valence-corrected chi connectivity index (χ3v) is 5.21. The lowest BCUT2D eigenvalue weighted by atomic mass is 10.1. The number of methoxy groups -OCH3 is 1. The average molecular weight is 390 g/mol. The molecule has 144 valence electrons. The molecule has 8 heteroatoms. The van der Waals surface area contributed by atoms with Gasteiger partial charge in [-0.05, 0) is 69.3 Å². The van der Waals surface area contributed by atoms with Crippen molar-refractivity contribution < 1.29 is 22.7 Å². The zero-order valence-corrected chi connectivity index (χ0v) is 16.4. The Morgan fingerprint density at radius 3 is 1.89 bits per heavy atom.